The summed E-state index contributed by atoms with van der Waals surface area (Å²) in [6, 6.07) is 7.27. The Morgan fingerprint density at radius 2 is 2.00 bits per heavy atom. The third-order valence-corrected chi connectivity index (χ3v) is 1.84. The zero-order valence-corrected chi connectivity index (χ0v) is 9.33. The lowest BCUT2D eigenvalue weighted by atomic mass is 10.1. The van der Waals surface area contributed by atoms with Crippen LogP contribution in [-0.2, 0) is 11.2 Å². The number of thiocarbonyl (C=S) groups is 1. The van der Waals surface area contributed by atoms with Crippen molar-refractivity contribution in [2.45, 2.75) is 6.42 Å². The molecule has 1 aromatic rings. The van der Waals surface area contributed by atoms with Gasteiger partial charge in [0.25, 0.3) is 0 Å². The number of hydrogen-bond acceptors (Lipinski definition) is 3. The summed E-state index contributed by atoms with van der Waals surface area (Å²) in [5, 5.41) is 3.91. The maximum atomic E-state index is 10.7. The highest BCUT2D eigenvalue weighted by molar-refractivity contribution is 7.80. The summed E-state index contributed by atoms with van der Waals surface area (Å²) < 4.78 is 0. The van der Waals surface area contributed by atoms with E-state index in [1.807, 2.05) is 24.3 Å². The maximum absolute atomic E-state index is 10.7. The first kappa shape index (κ1) is 12.1. The number of carbonyl (C=O) groups excluding carboxylic acids is 1. The Labute approximate surface area is 98.5 Å². The van der Waals surface area contributed by atoms with E-state index < -0.39 is 0 Å². The standard InChI is InChI=1S/C10H12N4OS/c11-9(15)5-7-1-3-8(4-2-7)6-13-14-10(12)16/h1-4,6H,5H2,(H2,11,15)(H3,12,14,16). The highest BCUT2D eigenvalue weighted by Gasteiger charge is 1.97. The Hall–Kier alpha value is -1.95. The molecule has 0 saturated carbocycles. The topological polar surface area (TPSA) is 93.5 Å². The summed E-state index contributed by atoms with van der Waals surface area (Å²) in [5.74, 6) is -0.350. The fraction of sp³-hybridized carbons (Fsp3) is 0.100. The van der Waals surface area contributed by atoms with Gasteiger partial charge in [0.15, 0.2) is 5.11 Å². The quantitative estimate of drug-likeness (QED) is 0.386. The highest BCUT2D eigenvalue weighted by Crippen LogP contribution is 2.02. The number of carbonyl (C=O) groups is 1. The van der Waals surface area contributed by atoms with Gasteiger partial charge in [-0.2, -0.15) is 5.10 Å². The van der Waals surface area contributed by atoms with E-state index in [0.717, 1.165) is 11.1 Å². The third kappa shape index (κ3) is 4.52. The second kappa shape index (κ2) is 5.82. The SMILES string of the molecule is NC(=O)Cc1ccc(C=NNC(N)=S)cc1. The summed E-state index contributed by atoms with van der Waals surface area (Å²) in [7, 11) is 0. The predicted molar refractivity (Wildman–Crippen MR) is 66.9 cm³/mol. The Morgan fingerprint density at radius 1 is 1.38 bits per heavy atom. The second-order valence-corrected chi connectivity index (χ2v) is 3.56. The van der Waals surface area contributed by atoms with Crippen LogP contribution in [0.25, 0.3) is 0 Å². The molecule has 5 nitrogen and oxygen atoms in total. The van der Waals surface area contributed by atoms with E-state index in [0.29, 0.717) is 0 Å². The number of hydrazone groups is 1. The molecule has 0 saturated heterocycles. The molecule has 1 rings (SSSR count). The molecule has 16 heavy (non-hydrogen) atoms. The molecular weight excluding hydrogens is 224 g/mol. The van der Waals surface area contributed by atoms with Crippen LogP contribution < -0.4 is 16.9 Å². The molecule has 0 aromatic heterocycles. The van der Waals surface area contributed by atoms with Crippen LogP contribution in [0.5, 0.6) is 0 Å². The van der Waals surface area contributed by atoms with Crippen molar-refractivity contribution < 1.29 is 4.79 Å². The molecule has 1 aromatic carbocycles. The molecule has 84 valence electrons. The Bertz CT molecular complexity index is 413. The summed E-state index contributed by atoms with van der Waals surface area (Å²) in [6.07, 6.45) is 1.82. The lowest BCUT2D eigenvalue weighted by Crippen LogP contribution is -2.23. The van der Waals surface area contributed by atoms with Crippen molar-refractivity contribution in [3.8, 4) is 0 Å². The fourth-order valence-corrected chi connectivity index (χ4v) is 1.15. The molecule has 0 atom stereocenters. The zero-order chi connectivity index (χ0) is 12.0. The minimum atomic E-state index is -0.350. The minimum Gasteiger partial charge on any atom is -0.375 e. The first-order chi connectivity index (χ1) is 7.58. The maximum Gasteiger partial charge on any atom is 0.221 e. The summed E-state index contributed by atoms with van der Waals surface area (Å²) >= 11 is 4.58. The van der Waals surface area contributed by atoms with Crippen LogP contribution in [0.3, 0.4) is 0 Å². The molecule has 0 aliphatic rings. The Balaban J connectivity index is 2.60. The van der Waals surface area contributed by atoms with E-state index in [4.69, 9.17) is 11.5 Å². The van der Waals surface area contributed by atoms with Crippen LogP contribution >= 0.6 is 12.2 Å². The summed E-state index contributed by atoms with van der Waals surface area (Å²) in [4.78, 5) is 10.7. The smallest absolute Gasteiger partial charge is 0.221 e. The van der Waals surface area contributed by atoms with Gasteiger partial charge >= 0.3 is 0 Å². The largest absolute Gasteiger partial charge is 0.375 e. The van der Waals surface area contributed by atoms with Crippen molar-refractivity contribution in [2.24, 2.45) is 16.6 Å². The molecule has 0 aliphatic carbocycles. The average molecular weight is 236 g/mol. The van der Waals surface area contributed by atoms with Gasteiger partial charge in [0.2, 0.25) is 5.91 Å². The van der Waals surface area contributed by atoms with Crippen LogP contribution in [0.1, 0.15) is 11.1 Å². The van der Waals surface area contributed by atoms with Crippen molar-refractivity contribution in [3.63, 3.8) is 0 Å². The molecule has 6 heteroatoms. The van der Waals surface area contributed by atoms with Crippen molar-refractivity contribution in [1.82, 2.24) is 5.43 Å². The van der Waals surface area contributed by atoms with E-state index >= 15 is 0 Å². The zero-order valence-electron chi connectivity index (χ0n) is 8.51. The third-order valence-electron chi connectivity index (χ3n) is 1.75. The monoisotopic (exact) mass is 236 g/mol. The van der Waals surface area contributed by atoms with Gasteiger partial charge in [-0.3, -0.25) is 10.2 Å². The average Bonchev–Trinajstić information content (AvgIpc) is 2.19. The van der Waals surface area contributed by atoms with E-state index in [9.17, 15) is 4.79 Å². The van der Waals surface area contributed by atoms with Gasteiger partial charge in [0, 0.05) is 0 Å². The normalized spacial score (nSPS) is 10.2. The minimum absolute atomic E-state index is 0.113. The number of benzene rings is 1. The van der Waals surface area contributed by atoms with Crippen LogP contribution in [-0.4, -0.2) is 17.2 Å². The van der Waals surface area contributed by atoms with Gasteiger partial charge in [0.05, 0.1) is 12.6 Å². The van der Waals surface area contributed by atoms with Crippen molar-refractivity contribution in [3.05, 3.63) is 35.4 Å². The van der Waals surface area contributed by atoms with E-state index in [1.54, 1.807) is 6.21 Å². The number of nitrogens with one attached hydrogen (secondary N) is 1. The van der Waals surface area contributed by atoms with Crippen molar-refractivity contribution >= 4 is 29.5 Å². The fourth-order valence-electron chi connectivity index (χ4n) is 1.09. The van der Waals surface area contributed by atoms with E-state index in [-0.39, 0.29) is 17.4 Å². The number of hydrogen-bond donors (Lipinski definition) is 3. The molecule has 0 bridgehead atoms. The molecular formula is C10H12N4OS. The lowest BCUT2D eigenvalue weighted by molar-refractivity contribution is -0.117. The molecule has 0 unspecified atom stereocenters. The first-order valence-electron chi connectivity index (χ1n) is 4.53. The molecule has 1 amide bonds. The summed E-state index contributed by atoms with van der Waals surface area (Å²) in [6.45, 7) is 0. The molecule has 0 spiro atoms. The number of amides is 1. The number of nitrogens with zero attached hydrogens (tertiary/aromatic N) is 1. The van der Waals surface area contributed by atoms with Gasteiger partial charge in [-0.25, -0.2) is 0 Å². The molecule has 0 radical (unpaired) electrons. The van der Waals surface area contributed by atoms with Crippen LogP contribution in [0.2, 0.25) is 0 Å². The number of rotatable bonds is 4. The van der Waals surface area contributed by atoms with Gasteiger partial charge in [-0.05, 0) is 23.3 Å². The summed E-state index contributed by atoms with van der Waals surface area (Å²) in [5.41, 5.74) is 14.4. The first-order valence-corrected chi connectivity index (χ1v) is 4.94. The Morgan fingerprint density at radius 3 is 2.50 bits per heavy atom. The van der Waals surface area contributed by atoms with Gasteiger partial charge in [-0.1, -0.05) is 24.3 Å². The van der Waals surface area contributed by atoms with E-state index in [2.05, 4.69) is 22.7 Å². The van der Waals surface area contributed by atoms with Crippen molar-refractivity contribution in [2.75, 3.05) is 0 Å². The second-order valence-electron chi connectivity index (χ2n) is 3.12. The lowest BCUT2D eigenvalue weighted by Gasteiger charge is -1.98. The van der Waals surface area contributed by atoms with Gasteiger partial charge in [0.1, 0.15) is 0 Å². The molecule has 0 heterocycles. The predicted octanol–water partition coefficient (Wildman–Crippen LogP) is -0.118. The van der Waals surface area contributed by atoms with Crippen LogP contribution in [0, 0.1) is 0 Å². The van der Waals surface area contributed by atoms with Gasteiger partial charge < -0.3 is 11.5 Å². The highest BCUT2D eigenvalue weighted by atomic mass is 32.1. The van der Waals surface area contributed by atoms with Gasteiger partial charge in [-0.15, -0.1) is 0 Å². The van der Waals surface area contributed by atoms with Crippen molar-refractivity contribution in [1.29, 1.82) is 0 Å². The molecule has 0 fully saturated rings. The Kier molecular flexibility index (Phi) is 4.41. The van der Waals surface area contributed by atoms with Crippen LogP contribution in [0.4, 0.5) is 0 Å². The number of nitrogens with two attached hydrogens (primary N) is 2. The number of primary amides is 1. The van der Waals surface area contributed by atoms with E-state index in [1.165, 1.54) is 0 Å². The molecule has 0 aliphatic heterocycles. The van der Waals surface area contributed by atoms with Crippen LogP contribution in [0.15, 0.2) is 29.4 Å². The molecule has 5 N–H and O–H groups in total.